The van der Waals surface area contributed by atoms with Gasteiger partial charge in [-0.25, -0.2) is 0 Å². The molecule has 3 aliphatic rings. The Morgan fingerprint density at radius 1 is 0.962 bits per heavy atom. The van der Waals surface area contributed by atoms with Gasteiger partial charge in [-0.3, -0.25) is 0 Å². The average molecular weight is 358 g/mol. The van der Waals surface area contributed by atoms with Crippen LogP contribution in [-0.2, 0) is 6.42 Å². The summed E-state index contributed by atoms with van der Waals surface area (Å²) in [6.07, 6.45) is 9.33. The van der Waals surface area contributed by atoms with Gasteiger partial charge >= 0.3 is 0 Å². The smallest absolute Gasteiger partial charge is 0.118 e. The Balaban J connectivity index is 1.17. The van der Waals surface area contributed by atoms with Gasteiger partial charge < -0.3 is 19.9 Å². The number of benzene rings is 1. The number of nitrogens with zero attached hydrogens (tertiary/aromatic N) is 2. The fourth-order valence-corrected chi connectivity index (χ4v) is 5.28. The van der Waals surface area contributed by atoms with E-state index in [1.165, 1.54) is 63.7 Å². The van der Waals surface area contributed by atoms with E-state index >= 15 is 0 Å². The SMILES string of the molecule is COc1ccc(CCN2CCC(NC3CC4CCC(C3)N4C)CC2)cc1. The second-order valence-corrected chi connectivity index (χ2v) is 8.60. The molecule has 0 aliphatic carbocycles. The molecule has 144 valence electrons. The maximum Gasteiger partial charge on any atom is 0.118 e. The van der Waals surface area contributed by atoms with Gasteiger partial charge in [-0.15, -0.1) is 0 Å². The predicted octanol–water partition coefficient (Wildman–Crippen LogP) is 2.92. The van der Waals surface area contributed by atoms with E-state index in [-0.39, 0.29) is 0 Å². The van der Waals surface area contributed by atoms with E-state index in [4.69, 9.17) is 4.74 Å². The quantitative estimate of drug-likeness (QED) is 0.847. The van der Waals surface area contributed by atoms with Crippen LogP contribution in [0.1, 0.15) is 44.1 Å². The molecule has 1 N–H and O–H groups in total. The molecule has 0 amide bonds. The van der Waals surface area contributed by atoms with E-state index in [1.807, 2.05) is 0 Å². The van der Waals surface area contributed by atoms with Crippen LogP contribution in [-0.4, -0.2) is 67.8 Å². The first-order valence-corrected chi connectivity index (χ1v) is 10.5. The highest BCUT2D eigenvalue weighted by Crippen LogP contribution is 2.34. The number of hydrogen-bond acceptors (Lipinski definition) is 4. The summed E-state index contributed by atoms with van der Waals surface area (Å²) in [7, 11) is 4.06. The first-order chi connectivity index (χ1) is 12.7. The topological polar surface area (TPSA) is 27.7 Å². The molecule has 2 atom stereocenters. The molecular formula is C22H35N3O. The molecule has 2 unspecified atom stereocenters. The predicted molar refractivity (Wildman–Crippen MR) is 107 cm³/mol. The van der Waals surface area contributed by atoms with Crippen molar-refractivity contribution in [3.63, 3.8) is 0 Å². The number of rotatable bonds is 6. The van der Waals surface area contributed by atoms with Crippen LogP contribution in [0.2, 0.25) is 0 Å². The van der Waals surface area contributed by atoms with Crippen LogP contribution in [0.5, 0.6) is 5.75 Å². The maximum absolute atomic E-state index is 5.24. The molecular weight excluding hydrogens is 322 g/mol. The molecule has 3 aliphatic heterocycles. The Morgan fingerprint density at radius 3 is 2.23 bits per heavy atom. The van der Waals surface area contributed by atoms with Crippen molar-refractivity contribution >= 4 is 0 Å². The highest BCUT2D eigenvalue weighted by molar-refractivity contribution is 5.27. The van der Waals surface area contributed by atoms with Crippen molar-refractivity contribution in [2.75, 3.05) is 33.8 Å². The van der Waals surface area contributed by atoms with E-state index in [2.05, 4.69) is 46.4 Å². The molecule has 0 radical (unpaired) electrons. The summed E-state index contributed by atoms with van der Waals surface area (Å²) in [6.45, 7) is 3.66. The molecule has 4 heteroatoms. The molecule has 0 aromatic heterocycles. The van der Waals surface area contributed by atoms with Crippen LogP contribution >= 0.6 is 0 Å². The largest absolute Gasteiger partial charge is 0.497 e. The van der Waals surface area contributed by atoms with E-state index in [0.29, 0.717) is 0 Å². The van der Waals surface area contributed by atoms with E-state index in [0.717, 1.165) is 36.3 Å². The number of piperidine rings is 2. The molecule has 0 spiro atoms. The lowest BCUT2D eigenvalue weighted by atomic mass is 9.95. The molecule has 3 fully saturated rings. The lowest BCUT2D eigenvalue weighted by Gasteiger charge is -2.40. The zero-order chi connectivity index (χ0) is 17.9. The minimum atomic E-state index is 0.736. The molecule has 3 heterocycles. The molecule has 1 aromatic carbocycles. The number of nitrogens with one attached hydrogen (secondary N) is 1. The molecule has 0 saturated carbocycles. The van der Waals surface area contributed by atoms with Crippen molar-refractivity contribution in [2.24, 2.45) is 0 Å². The van der Waals surface area contributed by atoms with Crippen LogP contribution in [0.3, 0.4) is 0 Å². The summed E-state index contributed by atoms with van der Waals surface area (Å²) >= 11 is 0. The molecule has 3 saturated heterocycles. The first kappa shape index (κ1) is 18.3. The molecule has 2 bridgehead atoms. The summed E-state index contributed by atoms with van der Waals surface area (Å²) in [4.78, 5) is 5.28. The molecule has 4 nitrogen and oxygen atoms in total. The van der Waals surface area contributed by atoms with Crippen LogP contribution in [0.25, 0.3) is 0 Å². The molecule has 26 heavy (non-hydrogen) atoms. The van der Waals surface area contributed by atoms with Crippen LogP contribution in [0.15, 0.2) is 24.3 Å². The lowest BCUT2D eigenvalue weighted by molar-refractivity contribution is 0.128. The normalized spacial score (nSPS) is 30.6. The second-order valence-electron chi connectivity index (χ2n) is 8.60. The van der Waals surface area contributed by atoms with Crippen LogP contribution in [0, 0.1) is 0 Å². The number of ether oxygens (including phenoxy) is 1. The number of likely N-dealkylation sites (tertiary alicyclic amines) is 1. The van der Waals surface area contributed by atoms with E-state index < -0.39 is 0 Å². The van der Waals surface area contributed by atoms with Gasteiger partial charge in [0, 0.05) is 30.7 Å². The number of fused-ring (bicyclic) bond motifs is 2. The Labute approximate surface area is 158 Å². The Hall–Kier alpha value is -1.10. The monoisotopic (exact) mass is 357 g/mol. The van der Waals surface area contributed by atoms with Gasteiger partial charge in [0.05, 0.1) is 7.11 Å². The van der Waals surface area contributed by atoms with Gasteiger partial charge in [0.15, 0.2) is 0 Å². The average Bonchev–Trinajstić information content (AvgIpc) is 2.89. The summed E-state index contributed by atoms with van der Waals surface area (Å²) in [5.74, 6) is 0.947. The zero-order valence-electron chi connectivity index (χ0n) is 16.5. The number of hydrogen-bond donors (Lipinski definition) is 1. The van der Waals surface area contributed by atoms with Crippen molar-refractivity contribution in [3.8, 4) is 5.75 Å². The second kappa shape index (κ2) is 8.28. The van der Waals surface area contributed by atoms with Crippen molar-refractivity contribution in [2.45, 2.75) is 69.1 Å². The Morgan fingerprint density at radius 2 is 1.62 bits per heavy atom. The van der Waals surface area contributed by atoms with Crippen molar-refractivity contribution < 1.29 is 4.74 Å². The third-order valence-electron chi connectivity index (χ3n) is 7.03. The van der Waals surface area contributed by atoms with Crippen molar-refractivity contribution in [3.05, 3.63) is 29.8 Å². The summed E-state index contributed by atoms with van der Waals surface area (Å²) in [5, 5.41) is 4.02. The lowest BCUT2D eigenvalue weighted by Crippen LogP contribution is -2.52. The number of methoxy groups -OCH3 is 1. The van der Waals surface area contributed by atoms with Crippen molar-refractivity contribution in [1.82, 2.24) is 15.1 Å². The van der Waals surface area contributed by atoms with Gasteiger partial charge in [0.1, 0.15) is 5.75 Å². The highest BCUT2D eigenvalue weighted by atomic mass is 16.5. The van der Waals surface area contributed by atoms with E-state index in [1.54, 1.807) is 7.11 Å². The van der Waals surface area contributed by atoms with Gasteiger partial charge in [-0.05, 0) is 82.8 Å². The first-order valence-electron chi connectivity index (χ1n) is 10.5. The fraction of sp³-hybridized carbons (Fsp3) is 0.727. The fourth-order valence-electron chi connectivity index (χ4n) is 5.28. The van der Waals surface area contributed by atoms with Gasteiger partial charge in [0.25, 0.3) is 0 Å². The third kappa shape index (κ3) is 4.24. The van der Waals surface area contributed by atoms with Crippen LogP contribution < -0.4 is 10.1 Å². The minimum Gasteiger partial charge on any atom is -0.497 e. The Kier molecular flexibility index (Phi) is 5.82. The maximum atomic E-state index is 5.24. The molecule has 1 aromatic rings. The van der Waals surface area contributed by atoms with Crippen molar-refractivity contribution in [1.29, 1.82) is 0 Å². The zero-order valence-corrected chi connectivity index (χ0v) is 16.5. The van der Waals surface area contributed by atoms with Gasteiger partial charge in [0.2, 0.25) is 0 Å². The molecule has 4 rings (SSSR count). The summed E-state index contributed by atoms with van der Waals surface area (Å²) in [6, 6.07) is 11.7. The van der Waals surface area contributed by atoms with E-state index in [9.17, 15) is 0 Å². The third-order valence-corrected chi connectivity index (χ3v) is 7.03. The standard InChI is InChI=1S/C22H35N3O/c1-24-20-5-6-21(24)16-19(15-20)23-18-10-13-25(14-11-18)12-9-17-3-7-22(26-2)8-4-17/h3-4,7-8,18-21,23H,5-6,9-16H2,1-2H3. The van der Waals surface area contributed by atoms with Gasteiger partial charge in [-0.2, -0.15) is 0 Å². The Bertz CT molecular complexity index is 553. The summed E-state index contributed by atoms with van der Waals surface area (Å²) < 4.78 is 5.24. The minimum absolute atomic E-state index is 0.736. The van der Waals surface area contributed by atoms with Crippen LogP contribution in [0.4, 0.5) is 0 Å². The highest BCUT2D eigenvalue weighted by Gasteiger charge is 2.38. The van der Waals surface area contributed by atoms with Gasteiger partial charge in [-0.1, -0.05) is 12.1 Å². The summed E-state index contributed by atoms with van der Waals surface area (Å²) in [5.41, 5.74) is 1.41.